The van der Waals surface area contributed by atoms with Gasteiger partial charge in [0.05, 0.1) is 15.9 Å². The molecule has 0 unspecified atom stereocenters. The molecule has 5 nitrogen and oxygen atoms in total. The van der Waals surface area contributed by atoms with Crippen LogP contribution in [0.1, 0.15) is 38.1 Å². The number of hydrogen-bond acceptors (Lipinski definition) is 5. The Bertz CT molecular complexity index is 1170. The Morgan fingerprint density at radius 1 is 1.07 bits per heavy atom. The van der Waals surface area contributed by atoms with E-state index in [1.54, 1.807) is 0 Å². The number of nitrogens with zero attached hydrogens (tertiary/aromatic N) is 3. The van der Waals surface area contributed by atoms with Crippen molar-refractivity contribution in [2.45, 2.75) is 33.1 Å². The van der Waals surface area contributed by atoms with Gasteiger partial charge in [0.1, 0.15) is 5.82 Å². The van der Waals surface area contributed by atoms with Gasteiger partial charge in [-0.05, 0) is 35.6 Å². The smallest absolute Gasteiger partial charge is 0.223 e. The highest BCUT2D eigenvalue weighted by Gasteiger charge is 2.16. The van der Waals surface area contributed by atoms with E-state index in [9.17, 15) is 4.79 Å². The molecular weight excluding hydrogens is 392 g/mol. The molecule has 2 aromatic carbocycles. The maximum absolute atomic E-state index is 11.3. The highest BCUT2D eigenvalue weighted by molar-refractivity contribution is 7.22. The number of hydrogen-bond donors (Lipinski definition) is 1. The van der Waals surface area contributed by atoms with Crippen molar-refractivity contribution in [3.8, 4) is 11.3 Å². The van der Waals surface area contributed by atoms with Crippen LogP contribution >= 0.6 is 11.3 Å². The Morgan fingerprint density at radius 2 is 1.87 bits per heavy atom. The van der Waals surface area contributed by atoms with Gasteiger partial charge in [-0.25, -0.2) is 15.0 Å². The largest absolute Gasteiger partial charge is 0.302 e. The second kappa shape index (κ2) is 8.71. The van der Waals surface area contributed by atoms with Crippen LogP contribution in [0.25, 0.3) is 21.5 Å². The highest BCUT2D eigenvalue weighted by atomic mass is 32.1. The molecule has 0 saturated carbocycles. The number of anilines is 1. The molecule has 1 N–H and O–H groups in total. The fourth-order valence-electron chi connectivity index (χ4n) is 3.50. The van der Waals surface area contributed by atoms with Crippen molar-refractivity contribution < 1.29 is 4.79 Å². The Balaban J connectivity index is 1.54. The van der Waals surface area contributed by atoms with Crippen molar-refractivity contribution in [1.29, 1.82) is 0 Å². The van der Waals surface area contributed by atoms with Crippen LogP contribution in [0.4, 0.5) is 5.13 Å². The molecule has 0 aliphatic rings. The van der Waals surface area contributed by atoms with E-state index in [4.69, 9.17) is 4.98 Å². The third-order valence-corrected chi connectivity index (χ3v) is 6.29. The molecule has 0 saturated heterocycles. The maximum atomic E-state index is 11.3. The molecule has 0 aliphatic carbocycles. The molecule has 152 valence electrons. The van der Waals surface area contributed by atoms with Crippen LogP contribution in [-0.2, 0) is 11.2 Å². The number of rotatable bonds is 6. The van der Waals surface area contributed by atoms with Gasteiger partial charge in [0.15, 0.2) is 5.13 Å². The van der Waals surface area contributed by atoms with E-state index in [0.29, 0.717) is 17.0 Å². The predicted octanol–water partition coefficient (Wildman–Crippen LogP) is 5.69. The number of fused-ring (bicyclic) bond motifs is 1. The van der Waals surface area contributed by atoms with Crippen LogP contribution in [0.5, 0.6) is 0 Å². The lowest BCUT2D eigenvalue weighted by molar-refractivity contribution is -0.114. The average molecular weight is 417 g/mol. The van der Waals surface area contributed by atoms with Crippen molar-refractivity contribution in [3.05, 3.63) is 72.2 Å². The highest BCUT2D eigenvalue weighted by Crippen LogP contribution is 2.30. The van der Waals surface area contributed by atoms with Crippen molar-refractivity contribution in [2.75, 3.05) is 5.32 Å². The van der Waals surface area contributed by atoms with E-state index >= 15 is 0 Å². The van der Waals surface area contributed by atoms with Crippen LogP contribution in [0.3, 0.4) is 0 Å². The van der Waals surface area contributed by atoms with E-state index in [1.807, 2.05) is 30.5 Å². The second-order valence-corrected chi connectivity index (χ2v) is 8.65. The lowest BCUT2D eigenvalue weighted by Crippen LogP contribution is -2.11. The number of carbonyl (C=O) groups is 1. The van der Waals surface area contributed by atoms with Gasteiger partial charge in [0.25, 0.3) is 0 Å². The summed E-state index contributed by atoms with van der Waals surface area (Å²) in [6, 6.07) is 18.6. The van der Waals surface area contributed by atoms with Gasteiger partial charge in [-0.1, -0.05) is 61.6 Å². The molecule has 2 atom stereocenters. The van der Waals surface area contributed by atoms with Crippen LogP contribution in [-0.4, -0.2) is 20.9 Å². The Morgan fingerprint density at radius 3 is 2.63 bits per heavy atom. The zero-order valence-corrected chi connectivity index (χ0v) is 18.1. The number of aromatic nitrogens is 3. The normalized spacial score (nSPS) is 13.2. The predicted molar refractivity (Wildman–Crippen MR) is 123 cm³/mol. The number of thiazole rings is 1. The summed E-state index contributed by atoms with van der Waals surface area (Å²) in [5.74, 6) is 1.59. The molecule has 0 radical (unpaired) electrons. The van der Waals surface area contributed by atoms with E-state index in [1.165, 1.54) is 23.8 Å². The first-order valence-corrected chi connectivity index (χ1v) is 10.9. The van der Waals surface area contributed by atoms with E-state index in [-0.39, 0.29) is 5.91 Å². The first-order valence-electron chi connectivity index (χ1n) is 10.0. The Hall–Kier alpha value is -3.12. The summed E-state index contributed by atoms with van der Waals surface area (Å²) in [7, 11) is 0. The first-order chi connectivity index (χ1) is 14.5. The van der Waals surface area contributed by atoms with E-state index < -0.39 is 0 Å². The minimum absolute atomic E-state index is 0.117. The first kappa shape index (κ1) is 20.2. The van der Waals surface area contributed by atoms with Crippen molar-refractivity contribution in [2.24, 2.45) is 5.92 Å². The van der Waals surface area contributed by atoms with Gasteiger partial charge in [0.2, 0.25) is 5.91 Å². The maximum Gasteiger partial charge on any atom is 0.223 e. The van der Waals surface area contributed by atoms with Gasteiger partial charge in [-0.15, -0.1) is 0 Å². The monoisotopic (exact) mass is 416 g/mol. The number of nitrogens with one attached hydrogen (secondary N) is 1. The summed E-state index contributed by atoms with van der Waals surface area (Å²) in [5, 5.41) is 3.36. The topological polar surface area (TPSA) is 67.8 Å². The fraction of sp³-hybridized carbons (Fsp3) is 0.250. The van der Waals surface area contributed by atoms with Crippen molar-refractivity contribution in [3.63, 3.8) is 0 Å². The second-order valence-electron chi connectivity index (χ2n) is 7.62. The van der Waals surface area contributed by atoms with Crippen LogP contribution in [0, 0.1) is 5.92 Å². The molecule has 0 aliphatic heterocycles. The molecule has 4 rings (SSSR count). The third-order valence-electron chi connectivity index (χ3n) is 5.36. The standard InChI is InChI=1S/C24H24N4OS/c1-15(16(2)18-7-5-4-6-8-18)13-23-25-12-11-20(27-23)19-9-10-21-22(14-19)30-24(28-21)26-17(3)29/h4-12,14-16H,13H2,1-3H3,(H,26,28,29)/t15-,16-/m0/s1. The van der Waals surface area contributed by atoms with E-state index in [2.05, 4.69) is 59.5 Å². The molecule has 6 heteroatoms. The Labute approximate surface area is 180 Å². The molecular formula is C24H24N4OS. The number of benzene rings is 2. The molecule has 30 heavy (non-hydrogen) atoms. The van der Waals surface area contributed by atoms with Crippen LogP contribution < -0.4 is 5.32 Å². The lowest BCUT2D eigenvalue weighted by atomic mass is 9.86. The number of carbonyl (C=O) groups excluding carboxylic acids is 1. The van der Waals surface area contributed by atoms with Gasteiger partial charge in [-0.2, -0.15) is 0 Å². The molecule has 0 bridgehead atoms. The summed E-state index contributed by atoms with van der Waals surface area (Å²) < 4.78 is 1.02. The van der Waals surface area contributed by atoms with Gasteiger partial charge in [0, 0.05) is 25.1 Å². The van der Waals surface area contributed by atoms with Gasteiger partial charge < -0.3 is 5.32 Å². The summed E-state index contributed by atoms with van der Waals surface area (Å²) in [4.78, 5) is 25.1. The fourth-order valence-corrected chi connectivity index (χ4v) is 4.45. The molecule has 0 fully saturated rings. The van der Waals surface area contributed by atoms with Crippen molar-refractivity contribution >= 4 is 32.6 Å². The number of amides is 1. The summed E-state index contributed by atoms with van der Waals surface area (Å²) >= 11 is 1.46. The summed E-state index contributed by atoms with van der Waals surface area (Å²) in [6.07, 6.45) is 2.65. The van der Waals surface area contributed by atoms with Crippen LogP contribution in [0.2, 0.25) is 0 Å². The molecule has 2 heterocycles. The quantitative estimate of drug-likeness (QED) is 0.438. The Kier molecular flexibility index (Phi) is 5.86. The minimum atomic E-state index is -0.117. The van der Waals surface area contributed by atoms with Crippen molar-refractivity contribution in [1.82, 2.24) is 15.0 Å². The SMILES string of the molecule is CC(=O)Nc1nc2ccc(-c3ccnc(C[C@H](C)[C@H](C)c4ccccc4)n3)cc2s1. The third kappa shape index (κ3) is 4.54. The molecule has 1 amide bonds. The minimum Gasteiger partial charge on any atom is -0.302 e. The lowest BCUT2D eigenvalue weighted by Gasteiger charge is -2.19. The molecule has 4 aromatic rings. The average Bonchev–Trinajstić information content (AvgIpc) is 3.14. The zero-order valence-electron chi connectivity index (χ0n) is 17.3. The van der Waals surface area contributed by atoms with E-state index in [0.717, 1.165) is 33.7 Å². The zero-order chi connectivity index (χ0) is 21.1. The molecule has 0 spiro atoms. The summed E-state index contributed by atoms with van der Waals surface area (Å²) in [6.45, 7) is 5.99. The molecule has 2 aromatic heterocycles. The summed E-state index contributed by atoms with van der Waals surface area (Å²) in [5.41, 5.74) is 4.13. The van der Waals surface area contributed by atoms with Gasteiger partial charge in [-0.3, -0.25) is 4.79 Å². The van der Waals surface area contributed by atoms with Gasteiger partial charge >= 0.3 is 0 Å². The van der Waals surface area contributed by atoms with Crippen LogP contribution in [0.15, 0.2) is 60.8 Å².